The predicted octanol–water partition coefficient (Wildman–Crippen LogP) is 3.40. The Bertz CT molecular complexity index is 1080. The summed E-state index contributed by atoms with van der Waals surface area (Å²) >= 11 is 0. The minimum atomic E-state index is 0.0116. The fourth-order valence-electron chi connectivity index (χ4n) is 4.66. The molecule has 0 radical (unpaired) electrons. The number of fused-ring (bicyclic) bond motifs is 1. The van der Waals surface area contributed by atoms with Crippen LogP contribution >= 0.6 is 0 Å². The molecular weight excluding hydrogens is 402 g/mol. The van der Waals surface area contributed by atoms with Crippen molar-refractivity contribution in [2.75, 3.05) is 32.7 Å². The number of hydrogen-bond donors (Lipinski definition) is 2. The van der Waals surface area contributed by atoms with Crippen LogP contribution in [0.15, 0.2) is 42.7 Å². The van der Waals surface area contributed by atoms with Crippen LogP contribution in [0.4, 0.5) is 0 Å². The van der Waals surface area contributed by atoms with E-state index in [1.54, 1.807) is 6.20 Å². The Labute approximate surface area is 188 Å². The Morgan fingerprint density at radius 2 is 1.94 bits per heavy atom. The molecule has 3 aromatic rings. The number of rotatable bonds is 7. The molecule has 168 valence electrons. The largest absolute Gasteiger partial charge is 0.457 e. The van der Waals surface area contributed by atoms with Crippen molar-refractivity contribution in [3.63, 3.8) is 0 Å². The minimum absolute atomic E-state index is 0.0116. The molecule has 2 fully saturated rings. The Morgan fingerprint density at radius 1 is 1.19 bits per heavy atom. The number of aromatic amines is 1. The number of ether oxygens (including phenoxy) is 1. The van der Waals surface area contributed by atoms with Crippen molar-refractivity contribution in [1.82, 2.24) is 19.8 Å². The third-order valence-corrected chi connectivity index (χ3v) is 6.75. The Hall–Kier alpha value is -2.90. The number of pyridine rings is 1. The monoisotopic (exact) mass is 433 g/mol. The van der Waals surface area contributed by atoms with Crippen molar-refractivity contribution >= 4 is 16.9 Å². The van der Waals surface area contributed by atoms with Gasteiger partial charge in [-0.1, -0.05) is 12.1 Å². The van der Waals surface area contributed by atoms with Crippen LogP contribution in [-0.4, -0.2) is 64.4 Å². The molecule has 3 heterocycles. The van der Waals surface area contributed by atoms with E-state index in [1.807, 2.05) is 48.4 Å². The first-order valence-electron chi connectivity index (χ1n) is 11.5. The second kappa shape index (κ2) is 8.92. The molecule has 3 N–H and O–H groups in total. The first-order chi connectivity index (χ1) is 15.6. The third-order valence-electron chi connectivity index (χ3n) is 6.75. The SMILES string of the molecule is Cc1c[nH]c2nccc(Oc3ccc(C(CN)CC(=O)N4CCN(C5CC5)CC4)cc3)c12. The first kappa shape index (κ1) is 21.0. The predicted molar refractivity (Wildman–Crippen MR) is 125 cm³/mol. The molecule has 1 amide bonds. The highest BCUT2D eigenvalue weighted by Crippen LogP contribution is 2.32. The molecule has 5 rings (SSSR count). The van der Waals surface area contributed by atoms with Gasteiger partial charge in [-0.05, 0) is 55.6 Å². The molecule has 1 aliphatic carbocycles. The van der Waals surface area contributed by atoms with Crippen LogP contribution in [0, 0.1) is 6.92 Å². The summed E-state index contributed by atoms with van der Waals surface area (Å²) in [5.74, 6) is 1.74. The Balaban J connectivity index is 1.22. The number of aryl methyl sites for hydroxylation is 1. The lowest BCUT2D eigenvalue weighted by Crippen LogP contribution is -2.49. The highest BCUT2D eigenvalue weighted by molar-refractivity contribution is 5.86. The molecule has 0 spiro atoms. The number of carbonyl (C=O) groups excluding carboxylic acids is 1. The summed E-state index contributed by atoms with van der Waals surface area (Å²) in [5.41, 5.74) is 9.05. The number of amides is 1. The van der Waals surface area contributed by atoms with E-state index in [4.69, 9.17) is 10.5 Å². The number of aromatic nitrogens is 2. The molecule has 7 heteroatoms. The molecule has 1 aliphatic heterocycles. The zero-order valence-corrected chi connectivity index (χ0v) is 18.6. The van der Waals surface area contributed by atoms with Crippen molar-refractivity contribution in [2.24, 2.45) is 5.73 Å². The van der Waals surface area contributed by atoms with Crippen LogP contribution in [-0.2, 0) is 4.79 Å². The molecule has 0 bridgehead atoms. The van der Waals surface area contributed by atoms with E-state index in [-0.39, 0.29) is 11.8 Å². The van der Waals surface area contributed by atoms with Crippen LogP contribution < -0.4 is 10.5 Å². The minimum Gasteiger partial charge on any atom is -0.457 e. The van der Waals surface area contributed by atoms with Crippen LogP contribution in [0.2, 0.25) is 0 Å². The zero-order chi connectivity index (χ0) is 22.1. The molecule has 2 aromatic heterocycles. The van der Waals surface area contributed by atoms with Gasteiger partial charge >= 0.3 is 0 Å². The van der Waals surface area contributed by atoms with Crippen molar-refractivity contribution in [3.8, 4) is 11.5 Å². The molecule has 1 saturated carbocycles. The van der Waals surface area contributed by atoms with E-state index in [0.717, 1.165) is 65.9 Å². The lowest BCUT2D eigenvalue weighted by atomic mass is 9.95. The van der Waals surface area contributed by atoms with Gasteiger partial charge in [-0.2, -0.15) is 0 Å². The Kier molecular flexibility index (Phi) is 5.85. The van der Waals surface area contributed by atoms with Crippen molar-refractivity contribution in [3.05, 3.63) is 53.9 Å². The number of nitrogens with one attached hydrogen (secondary N) is 1. The van der Waals surface area contributed by atoms with E-state index in [1.165, 1.54) is 12.8 Å². The number of piperazine rings is 1. The molecule has 7 nitrogen and oxygen atoms in total. The van der Waals surface area contributed by atoms with E-state index < -0.39 is 0 Å². The van der Waals surface area contributed by atoms with Gasteiger partial charge < -0.3 is 20.4 Å². The Morgan fingerprint density at radius 3 is 2.62 bits per heavy atom. The summed E-state index contributed by atoms with van der Waals surface area (Å²) in [6.45, 7) is 6.14. The number of benzene rings is 1. The van der Waals surface area contributed by atoms with Gasteiger partial charge in [-0.3, -0.25) is 9.69 Å². The number of nitrogens with two attached hydrogens (primary N) is 1. The van der Waals surface area contributed by atoms with Crippen molar-refractivity contribution in [1.29, 1.82) is 0 Å². The van der Waals surface area contributed by atoms with Crippen LogP contribution in [0.5, 0.6) is 11.5 Å². The van der Waals surface area contributed by atoms with Gasteiger partial charge in [0, 0.05) is 57.0 Å². The van der Waals surface area contributed by atoms with Gasteiger partial charge in [-0.25, -0.2) is 4.98 Å². The third kappa shape index (κ3) is 4.36. The molecule has 1 unspecified atom stereocenters. The maximum absolute atomic E-state index is 12.9. The fourth-order valence-corrected chi connectivity index (χ4v) is 4.66. The van der Waals surface area contributed by atoms with Crippen LogP contribution in [0.1, 0.15) is 36.3 Å². The fraction of sp³-hybridized carbons (Fsp3) is 0.440. The highest BCUT2D eigenvalue weighted by Gasteiger charge is 2.32. The summed E-state index contributed by atoms with van der Waals surface area (Å²) in [6.07, 6.45) is 6.76. The summed E-state index contributed by atoms with van der Waals surface area (Å²) in [7, 11) is 0. The van der Waals surface area contributed by atoms with Gasteiger partial charge in [0.15, 0.2) is 0 Å². The van der Waals surface area contributed by atoms with Crippen molar-refractivity contribution < 1.29 is 9.53 Å². The van der Waals surface area contributed by atoms with E-state index in [9.17, 15) is 4.79 Å². The number of nitrogens with zero attached hydrogens (tertiary/aromatic N) is 3. The second-order valence-corrected chi connectivity index (χ2v) is 8.96. The van der Waals surface area contributed by atoms with Gasteiger partial charge in [0.1, 0.15) is 17.1 Å². The molecule has 1 saturated heterocycles. The van der Waals surface area contributed by atoms with E-state index in [2.05, 4.69) is 14.9 Å². The smallest absolute Gasteiger partial charge is 0.223 e. The topological polar surface area (TPSA) is 87.5 Å². The standard InChI is InChI=1S/C25H31N5O2/c1-17-16-28-25-24(17)22(8-9-27-25)32-21-6-2-18(3-7-21)19(15-26)14-23(31)30-12-10-29(11-13-30)20-4-5-20/h2-3,6-9,16,19-20H,4-5,10-15,26H2,1H3,(H,27,28). The zero-order valence-electron chi connectivity index (χ0n) is 18.6. The maximum atomic E-state index is 12.9. The normalized spacial score (nSPS) is 18.1. The summed E-state index contributed by atoms with van der Waals surface area (Å²) in [4.78, 5) is 24.9. The molecule has 32 heavy (non-hydrogen) atoms. The van der Waals surface area contributed by atoms with Gasteiger partial charge in [-0.15, -0.1) is 0 Å². The lowest BCUT2D eigenvalue weighted by molar-refractivity contribution is -0.133. The van der Waals surface area contributed by atoms with Crippen LogP contribution in [0.3, 0.4) is 0 Å². The van der Waals surface area contributed by atoms with Gasteiger partial charge in [0.2, 0.25) is 5.91 Å². The highest BCUT2D eigenvalue weighted by atomic mass is 16.5. The van der Waals surface area contributed by atoms with E-state index >= 15 is 0 Å². The number of hydrogen-bond acceptors (Lipinski definition) is 5. The van der Waals surface area contributed by atoms with Crippen molar-refractivity contribution in [2.45, 2.75) is 38.1 Å². The lowest BCUT2D eigenvalue weighted by Gasteiger charge is -2.35. The molecule has 1 atom stereocenters. The molecule has 1 aromatic carbocycles. The summed E-state index contributed by atoms with van der Waals surface area (Å²) in [6, 6.07) is 10.6. The summed E-state index contributed by atoms with van der Waals surface area (Å²) in [5, 5.41) is 0.990. The van der Waals surface area contributed by atoms with Gasteiger partial charge in [0.25, 0.3) is 0 Å². The number of carbonyl (C=O) groups is 1. The average molecular weight is 434 g/mol. The maximum Gasteiger partial charge on any atom is 0.223 e. The van der Waals surface area contributed by atoms with E-state index in [0.29, 0.717) is 13.0 Å². The molecular formula is C25H31N5O2. The average Bonchev–Trinajstić information content (AvgIpc) is 3.61. The molecule has 2 aliphatic rings. The van der Waals surface area contributed by atoms with Gasteiger partial charge in [0.05, 0.1) is 5.39 Å². The second-order valence-electron chi connectivity index (χ2n) is 8.96. The van der Waals surface area contributed by atoms with Crippen LogP contribution in [0.25, 0.3) is 11.0 Å². The quantitative estimate of drug-likeness (QED) is 0.596. The first-order valence-corrected chi connectivity index (χ1v) is 11.5. The summed E-state index contributed by atoms with van der Waals surface area (Å²) < 4.78 is 6.14. The number of H-pyrrole nitrogens is 1.